The fourth-order valence-corrected chi connectivity index (χ4v) is 4.93. The molecule has 2 aliphatic rings. The van der Waals surface area contributed by atoms with E-state index in [1.807, 2.05) is 54.3 Å². The van der Waals surface area contributed by atoms with Crippen molar-refractivity contribution in [2.45, 2.75) is 32.2 Å². The van der Waals surface area contributed by atoms with E-state index in [-0.39, 0.29) is 5.91 Å². The van der Waals surface area contributed by atoms with Crippen LogP contribution < -0.4 is 14.8 Å². The first-order valence-electron chi connectivity index (χ1n) is 11.1. The highest BCUT2D eigenvalue weighted by atomic mass is 16.5. The molecule has 7 nitrogen and oxygen atoms in total. The topological polar surface area (TPSA) is 68.6 Å². The number of allylic oxidation sites excluding steroid dienone is 1. The predicted octanol–water partition coefficient (Wildman–Crippen LogP) is 4.35. The van der Waals surface area contributed by atoms with Crippen molar-refractivity contribution in [3.05, 3.63) is 59.3 Å². The van der Waals surface area contributed by atoms with Crippen LogP contribution in [0.5, 0.6) is 11.5 Å². The molecule has 0 saturated carbocycles. The van der Waals surface area contributed by atoms with Crippen LogP contribution in [0.15, 0.2) is 53.7 Å². The lowest BCUT2D eigenvalue weighted by atomic mass is 9.92. The first-order valence-corrected chi connectivity index (χ1v) is 11.1. The molecule has 7 heteroatoms. The van der Waals surface area contributed by atoms with Crippen LogP contribution >= 0.6 is 0 Å². The molecular weight excluding hydrogens is 404 g/mol. The summed E-state index contributed by atoms with van der Waals surface area (Å²) in [6.45, 7) is 3.53. The Hall–Kier alpha value is -3.48. The minimum Gasteiger partial charge on any atom is -0.493 e. The highest BCUT2D eigenvalue weighted by Crippen LogP contribution is 2.45. The van der Waals surface area contributed by atoms with Crippen LogP contribution in [0.25, 0.3) is 11.0 Å². The molecule has 0 aliphatic carbocycles. The summed E-state index contributed by atoms with van der Waals surface area (Å²) in [5, 5.41) is 3.40. The fraction of sp³-hybridized carbons (Fsp3) is 0.360. The standard InChI is InChI=1S/C25H28N4O3/c1-16-21(24(30)28-14-7-4-8-15-28)22(17-10-9-13-20(31-2)23(17)32-3)29-19-12-6-5-11-18(19)27-25(29)26-16/h5-6,9-13,22H,4,7-8,14-15H2,1-3H3,(H,26,27)/t22-/m0/s1. The Morgan fingerprint density at radius 1 is 1.03 bits per heavy atom. The number of para-hydroxylation sites is 3. The number of nitrogens with zero attached hydrogens (tertiary/aromatic N) is 3. The van der Waals surface area contributed by atoms with Crippen molar-refractivity contribution in [3.63, 3.8) is 0 Å². The van der Waals surface area contributed by atoms with Crippen LogP contribution in [-0.4, -0.2) is 47.7 Å². The van der Waals surface area contributed by atoms with Gasteiger partial charge in [-0.05, 0) is 44.4 Å². The molecule has 2 aliphatic heterocycles. The Morgan fingerprint density at radius 2 is 1.81 bits per heavy atom. The van der Waals surface area contributed by atoms with E-state index < -0.39 is 6.04 Å². The Labute approximate surface area is 187 Å². The van der Waals surface area contributed by atoms with Gasteiger partial charge in [0.1, 0.15) is 0 Å². The lowest BCUT2D eigenvalue weighted by Crippen LogP contribution is -2.40. The van der Waals surface area contributed by atoms with Gasteiger partial charge < -0.3 is 19.7 Å². The van der Waals surface area contributed by atoms with E-state index in [4.69, 9.17) is 14.5 Å². The second-order valence-electron chi connectivity index (χ2n) is 8.30. The van der Waals surface area contributed by atoms with Gasteiger partial charge in [0.25, 0.3) is 5.91 Å². The van der Waals surface area contributed by atoms with E-state index in [9.17, 15) is 4.79 Å². The minimum absolute atomic E-state index is 0.0630. The first-order chi connectivity index (χ1) is 15.6. The first kappa shape index (κ1) is 20.4. The summed E-state index contributed by atoms with van der Waals surface area (Å²) in [4.78, 5) is 20.7. The van der Waals surface area contributed by atoms with Gasteiger partial charge in [-0.25, -0.2) is 4.98 Å². The van der Waals surface area contributed by atoms with E-state index in [0.717, 1.165) is 48.2 Å². The zero-order chi connectivity index (χ0) is 22.2. The number of piperidine rings is 1. The Balaban J connectivity index is 1.75. The lowest BCUT2D eigenvalue weighted by molar-refractivity contribution is -0.128. The number of carbonyl (C=O) groups is 1. The van der Waals surface area contributed by atoms with Gasteiger partial charge in [-0.15, -0.1) is 0 Å². The van der Waals surface area contributed by atoms with Gasteiger partial charge in [-0.2, -0.15) is 0 Å². The van der Waals surface area contributed by atoms with Gasteiger partial charge in [-0.3, -0.25) is 9.36 Å². The number of hydrogen-bond donors (Lipinski definition) is 1. The molecule has 2 aromatic carbocycles. The molecule has 1 N–H and O–H groups in total. The fourth-order valence-electron chi connectivity index (χ4n) is 4.93. The lowest BCUT2D eigenvalue weighted by Gasteiger charge is -2.35. The molecule has 0 spiro atoms. The SMILES string of the molecule is COc1cccc([C@H]2C(C(=O)N3CCCCC3)=C(C)Nc3nc4ccccc4n32)c1OC. The van der Waals surface area contributed by atoms with E-state index in [2.05, 4.69) is 9.88 Å². The van der Waals surface area contributed by atoms with E-state index >= 15 is 0 Å². The second-order valence-corrected chi connectivity index (χ2v) is 8.30. The number of hydrogen-bond acceptors (Lipinski definition) is 5. The Kier molecular flexibility index (Phi) is 5.25. The number of carbonyl (C=O) groups excluding carboxylic acids is 1. The van der Waals surface area contributed by atoms with Crippen LogP contribution in [-0.2, 0) is 4.79 Å². The third-order valence-corrected chi connectivity index (χ3v) is 6.43. The summed E-state index contributed by atoms with van der Waals surface area (Å²) < 4.78 is 13.5. The number of fused-ring (bicyclic) bond motifs is 3. The number of anilines is 1. The van der Waals surface area contributed by atoms with Gasteiger partial charge in [0.05, 0.1) is 36.9 Å². The molecule has 1 atom stereocenters. The largest absolute Gasteiger partial charge is 0.493 e. The molecule has 1 fully saturated rings. The van der Waals surface area contributed by atoms with Gasteiger partial charge in [0.15, 0.2) is 11.5 Å². The quantitative estimate of drug-likeness (QED) is 0.664. The molecule has 1 amide bonds. The summed E-state index contributed by atoms with van der Waals surface area (Å²) in [7, 11) is 3.26. The van der Waals surface area contributed by atoms with Crippen LogP contribution in [0.1, 0.15) is 37.8 Å². The number of benzene rings is 2. The molecule has 3 aromatic rings. The number of ether oxygens (including phenoxy) is 2. The molecule has 1 saturated heterocycles. The maximum Gasteiger partial charge on any atom is 0.254 e. The summed E-state index contributed by atoms with van der Waals surface area (Å²) in [5.74, 6) is 2.04. The smallest absolute Gasteiger partial charge is 0.254 e. The molecular formula is C25H28N4O3. The molecule has 0 radical (unpaired) electrons. The average molecular weight is 433 g/mol. The minimum atomic E-state index is -0.391. The summed E-state index contributed by atoms with van der Waals surface area (Å²) in [5.41, 5.74) is 4.24. The zero-order valence-corrected chi connectivity index (χ0v) is 18.7. The summed E-state index contributed by atoms with van der Waals surface area (Å²) in [6.07, 6.45) is 3.25. The average Bonchev–Trinajstić information content (AvgIpc) is 3.20. The number of rotatable bonds is 4. The van der Waals surface area contributed by atoms with E-state index in [0.29, 0.717) is 23.0 Å². The molecule has 0 bridgehead atoms. The molecule has 166 valence electrons. The van der Waals surface area contributed by atoms with Crippen molar-refractivity contribution in [2.75, 3.05) is 32.6 Å². The normalized spacial score (nSPS) is 18.3. The number of nitrogens with one attached hydrogen (secondary N) is 1. The van der Waals surface area contributed by atoms with Crippen molar-refractivity contribution in [3.8, 4) is 11.5 Å². The van der Waals surface area contributed by atoms with Crippen LogP contribution in [0.3, 0.4) is 0 Å². The van der Waals surface area contributed by atoms with Crippen LogP contribution in [0.2, 0.25) is 0 Å². The highest BCUT2D eigenvalue weighted by molar-refractivity contribution is 5.98. The van der Waals surface area contributed by atoms with Crippen molar-refractivity contribution < 1.29 is 14.3 Å². The van der Waals surface area contributed by atoms with E-state index in [1.165, 1.54) is 6.42 Å². The molecule has 5 rings (SSSR count). The number of imidazole rings is 1. The van der Waals surface area contributed by atoms with Crippen molar-refractivity contribution in [1.29, 1.82) is 0 Å². The molecule has 0 unspecified atom stereocenters. The van der Waals surface area contributed by atoms with Crippen LogP contribution in [0.4, 0.5) is 5.95 Å². The maximum atomic E-state index is 13.9. The van der Waals surface area contributed by atoms with E-state index in [1.54, 1.807) is 14.2 Å². The summed E-state index contributed by atoms with van der Waals surface area (Å²) in [6, 6.07) is 13.4. The van der Waals surface area contributed by atoms with Gasteiger partial charge >= 0.3 is 0 Å². The number of aromatic nitrogens is 2. The molecule has 3 heterocycles. The van der Waals surface area contributed by atoms with Crippen LogP contribution in [0, 0.1) is 0 Å². The van der Waals surface area contributed by atoms with Gasteiger partial charge in [0, 0.05) is 24.4 Å². The van der Waals surface area contributed by atoms with Crippen molar-refractivity contribution in [1.82, 2.24) is 14.5 Å². The predicted molar refractivity (Wildman–Crippen MR) is 124 cm³/mol. The Bertz CT molecular complexity index is 1210. The number of methoxy groups -OCH3 is 2. The van der Waals surface area contributed by atoms with Gasteiger partial charge in [-0.1, -0.05) is 24.3 Å². The monoisotopic (exact) mass is 432 g/mol. The molecule has 32 heavy (non-hydrogen) atoms. The zero-order valence-electron chi connectivity index (χ0n) is 18.7. The summed E-state index contributed by atoms with van der Waals surface area (Å²) >= 11 is 0. The van der Waals surface area contributed by atoms with Crippen molar-refractivity contribution >= 4 is 22.9 Å². The number of amides is 1. The third-order valence-electron chi connectivity index (χ3n) is 6.43. The Morgan fingerprint density at radius 3 is 2.56 bits per heavy atom. The van der Waals surface area contributed by atoms with Gasteiger partial charge in [0.2, 0.25) is 5.95 Å². The second kappa shape index (κ2) is 8.22. The third kappa shape index (κ3) is 3.20. The number of likely N-dealkylation sites (tertiary alicyclic amines) is 1. The van der Waals surface area contributed by atoms with Crippen molar-refractivity contribution in [2.24, 2.45) is 0 Å². The maximum absolute atomic E-state index is 13.9. The molecule has 1 aromatic heterocycles. The highest BCUT2D eigenvalue weighted by Gasteiger charge is 2.38.